The van der Waals surface area contributed by atoms with Gasteiger partial charge in [-0.1, -0.05) is 25.0 Å². The van der Waals surface area contributed by atoms with Crippen molar-refractivity contribution in [3.8, 4) is 5.75 Å². The van der Waals surface area contributed by atoms with Gasteiger partial charge < -0.3 is 9.64 Å². The molecule has 0 spiro atoms. The van der Waals surface area contributed by atoms with E-state index in [0.29, 0.717) is 17.7 Å². The van der Waals surface area contributed by atoms with Gasteiger partial charge in [-0.05, 0) is 38.3 Å². The Morgan fingerprint density at radius 1 is 1.15 bits per heavy atom. The third kappa shape index (κ3) is 4.44. The first-order valence-electron chi connectivity index (χ1n) is 9.11. The molecule has 1 atom stereocenters. The molecular weight excluding hydrogens is 354 g/mol. The summed E-state index contributed by atoms with van der Waals surface area (Å²) in [6, 6.07) is 6.60. The minimum absolute atomic E-state index is 0.0507. The van der Waals surface area contributed by atoms with Gasteiger partial charge in [0.05, 0.1) is 11.5 Å². The zero-order chi connectivity index (χ0) is 18.7. The van der Waals surface area contributed by atoms with Crippen molar-refractivity contribution < 1.29 is 22.7 Å². The van der Waals surface area contributed by atoms with Crippen molar-refractivity contribution in [1.29, 1.82) is 0 Å². The Morgan fingerprint density at radius 2 is 1.88 bits per heavy atom. The van der Waals surface area contributed by atoms with Crippen molar-refractivity contribution in [2.45, 2.75) is 51.1 Å². The number of ether oxygens (including phenoxy) is 1. The minimum atomic E-state index is -3.06. The van der Waals surface area contributed by atoms with Gasteiger partial charge in [-0.15, -0.1) is 0 Å². The summed E-state index contributed by atoms with van der Waals surface area (Å²) < 4.78 is 29.3. The monoisotopic (exact) mass is 379 g/mol. The molecule has 0 bridgehead atoms. The molecule has 2 aliphatic rings. The van der Waals surface area contributed by atoms with Crippen LogP contribution in [0.25, 0.3) is 0 Å². The lowest BCUT2D eigenvalue weighted by Gasteiger charge is -2.34. The van der Waals surface area contributed by atoms with Crippen molar-refractivity contribution in [2.75, 3.05) is 18.1 Å². The second-order valence-corrected chi connectivity index (χ2v) is 9.40. The fourth-order valence-electron chi connectivity index (χ4n) is 3.91. The van der Waals surface area contributed by atoms with Gasteiger partial charge >= 0.3 is 0 Å². The maximum atomic E-state index is 12.9. The van der Waals surface area contributed by atoms with Gasteiger partial charge in [-0.3, -0.25) is 9.59 Å². The van der Waals surface area contributed by atoms with Crippen molar-refractivity contribution in [3.63, 3.8) is 0 Å². The van der Waals surface area contributed by atoms with Gasteiger partial charge in [0.25, 0.3) is 5.91 Å². The molecule has 0 N–H and O–H groups in total. The van der Waals surface area contributed by atoms with Gasteiger partial charge in [-0.2, -0.15) is 0 Å². The summed E-state index contributed by atoms with van der Waals surface area (Å²) in [6.07, 6.45) is 4.47. The highest BCUT2D eigenvalue weighted by molar-refractivity contribution is 7.91. The first-order chi connectivity index (χ1) is 12.4. The van der Waals surface area contributed by atoms with Gasteiger partial charge in [-0.25, -0.2) is 8.42 Å². The van der Waals surface area contributed by atoms with E-state index in [2.05, 4.69) is 0 Å². The number of ketones is 1. The Balaban J connectivity index is 1.69. The molecule has 6 nitrogen and oxygen atoms in total. The van der Waals surface area contributed by atoms with E-state index in [4.69, 9.17) is 4.74 Å². The zero-order valence-electron chi connectivity index (χ0n) is 15.0. The number of nitrogens with zero attached hydrogens (tertiary/aromatic N) is 1. The molecule has 1 saturated carbocycles. The Hall–Kier alpha value is -1.89. The highest BCUT2D eigenvalue weighted by Crippen LogP contribution is 2.29. The van der Waals surface area contributed by atoms with Crippen molar-refractivity contribution >= 4 is 21.5 Å². The number of hydrogen-bond acceptors (Lipinski definition) is 5. The van der Waals surface area contributed by atoms with Gasteiger partial charge in [0.2, 0.25) is 0 Å². The normalized spacial score (nSPS) is 22.3. The van der Waals surface area contributed by atoms with Crippen LogP contribution in [-0.4, -0.2) is 55.2 Å². The molecule has 0 aromatic heterocycles. The van der Waals surface area contributed by atoms with E-state index < -0.39 is 9.84 Å². The second-order valence-electron chi connectivity index (χ2n) is 7.17. The Labute approximate surface area is 154 Å². The van der Waals surface area contributed by atoms with Crippen LogP contribution in [0.2, 0.25) is 0 Å². The van der Waals surface area contributed by atoms with E-state index in [0.717, 1.165) is 25.7 Å². The lowest BCUT2D eigenvalue weighted by Crippen LogP contribution is -2.48. The van der Waals surface area contributed by atoms with Gasteiger partial charge in [0, 0.05) is 17.6 Å². The summed E-state index contributed by atoms with van der Waals surface area (Å²) in [5, 5.41) is 0. The highest BCUT2D eigenvalue weighted by atomic mass is 32.2. The van der Waals surface area contributed by atoms with Crippen LogP contribution >= 0.6 is 0 Å². The quantitative estimate of drug-likeness (QED) is 0.708. The van der Waals surface area contributed by atoms with E-state index in [-0.39, 0.29) is 41.9 Å². The summed E-state index contributed by atoms with van der Waals surface area (Å²) in [6.45, 7) is 1.33. The second kappa shape index (κ2) is 7.78. The van der Waals surface area contributed by atoms with E-state index in [9.17, 15) is 18.0 Å². The molecule has 0 unspecified atom stereocenters. The van der Waals surface area contributed by atoms with Crippen LogP contribution in [0.1, 0.15) is 49.4 Å². The molecule has 1 aliphatic carbocycles. The van der Waals surface area contributed by atoms with Crippen LogP contribution < -0.4 is 4.74 Å². The Morgan fingerprint density at radius 3 is 2.50 bits per heavy atom. The smallest absolute Gasteiger partial charge is 0.261 e. The molecule has 1 heterocycles. The average Bonchev–Trinajstić information content (AvgIpc) is 3.23. The fraction of sp³-hybridized carbons (Fsp3) is 0.579. The van der Waals surface area contributed by atoms with E-state index in [1.54, 1.807) is 29.2 Å². The Bertz CT molecular complexity index is 783. The largest absolute Gasteiger partial charge is 0.484 e. The molecule has 1 aromatic rings. The van der Waals surface area contributed by atoms with Crippen LogP contribution in [0, 0.1) is 0 Å². The number of rotatable bonds is 6. The van der Waals surface area contributed by atoms with Crippen molar-refractivity contribution in [2.24, 2.45) is 0 Å². The number of Topliss-reactive ketones (excluding diaryl/α,β-unsaturated/α-hetero) is 1. The van der Waals surface area contributed by atoms with Crippen LogP contribution in [0.15, 0.2) is 24.3 Å². The molecule has 1 saturated heterocycles. The maximum absolute atomic E-state index is 12.9. The molecule has 2 fully saturated rings. The molecule has 1 aromatic carbocycles. The third-order valence-electron chi connectivity index (χ3n) is 5.21. The molecule has 1 amide bonds. The average molecular weight is 379 g/mol. The van der Waals surface area contributed by atoms with Crippen LogP contribution in [0.3, 0.4) is 0 Å². The summed E-state index contributed by atoms with van der Waals surface area (Å²) >= 11 is 0. The highest BCUT2D eigenvalue weighted by Gasteiger charge is 2.39. The van der Waals surface area contributed by atoms with Crippen molar-refractivity contribution in [1.82, 2.24) is 4.90 Å². The number of carbonyl (C=O) groups is 2. The van der Waals surface area contributed by atoms with Crippen LogP contribution in [-0.2, 0) is 14.6 Å². The van der Waals surface area contributed by atoms with Crippen molar-refractivity contribution in [3.05, 3.63) is 29.8 Å². The summed E-state index contributed by atoms with van der Waals surface area (Å²) in [5.74, 6) is 0.430. The van der Waals surface area contributed by atoms with Crippen LogP contribution in [0.5, 0.6) is 5.75 Å². The minimum Gasteiger partial charge on any atom is -0.484 e. The predicted octanol–water partition coefficient (Wildman–Crippen LogP) is 2.23. The topological polar surface area (TPSA) is 80.8 Å². The number of sulfone groups is 1. The summed E-state index contributed by atoms with van der Waals surface area (Å²) in [4.78, 5) is 26.1. The van der Waals surface area contributed by atoms with Gasteiger partial charge in [0.15, 0.2) is 22.2 Å². The predicted molar refractivity (Wildman–Crippen MR) is 98.1 cm³/mol. The summed E-state index contributed by atoms with van der Waals surface area (Å²) in [7, 11) is -3.06. The van der Waals surface area contributed by atoms with E-state index in [1.807, 2.05) is 0 Å². The maximum Gasteiger partial charge on any atom is 0.261 e. The number of benzene rings is 1. The molecule has 3 rings (SSSR count). The molecule has 0 radical (unpaired) electrons. The van der Waals surface area contributed by atoms with E-state index >= 15 is 0 Å². The molecule has 26 heavy (non-hydrogen) atoms. The van der Waals surface area contributed by atoms with Crippen LogP contribution in [0.4, 0.5) is 0 Å². The fourth-order valence-corrected chi connectivity index (χ4v) is 5.62. The molecule has 7 heteroatoms. The molecule has 1 aliphatic heterocycles. The number of hydrogen-bond donors (Lipinski definition) is 0. The van der Waals surface area contributed by atoms with Gasteiger partial charge in [0.1, 0.15) is 5.75 Å². The summed E-state index contributed by atoms with van der Waals surface area (Å²) in [5.41, 5.74) is 0.532. The zero-order valence-corrected chi connectivity index (χ0v) is 15.8. The Kier molecular flexibility index (Phi) is 5.65. The number of amides is 1. The SMILES string of the molecule is CC(=O)c1cccc(OCC(=O)N(C2CCCC2)[C@@H]2CCS(=O)(=O)C2)c1. The standard InChI is InChI=1S/C19H25NO5S/c1-14(21)15-5-4-8-18(11-15)25-12-19(22)20(16-6-2-3-7-16)17-9-10-26(23,24)13-17/h4-5,8,11,16-17H,2-3,6-7,9-10,12-13H2,1H3/t17-/m1/s1. The number of carbonyl (C=O) groups excluding carboxylic acids is 2. The lowest BCUT2D eigenvalue weighted by molar-refractivity contribution is -0.137. The first-order valence-corrected chi connectivity index (χ1v) is 10.9. The molecule has 142 valence electrons. The third-order valence-corrected chi connectivity index (χ3v) is 6.96. The van der Waals surface area contributed by atoms with E-state index in [1.165, 1.54) is 6.92 Å². The lowest BCUT2D eigenvalue weighted by atomic mass is 10.1. The molecular formula is C19H25NO5S. The first kappa shape index (κ1) is 18.9.